The van der Waals surface area contributed by atoms with Crippen LogP contribution in [-0.4, -0.2) is 8.42 Å². The van der Waals surface area contributed by atoms with Gasteiger partial charge in [0.1, 0.15) is 4.90 Å². The SMILES string of the molecule is NNS(=O)(=O)c1cccc(F)c1F. The molecule has 0 aliphatic carbocycles. The third kappa shape index (κ3) is 1.82. The Balaban J connectivity index is 3.40. The molecule has 0 bridgehead atoms. The van der Waals surface area contributed by atoms with Crippen LogP contribution in [0.25, 0.3) is 0 Å². The van der Waals surface area contributed by atoms with Crippen molar-refractivity contribution in [2.75, 3.05) is 0 Å². The van der Waals surface area contributed by atoms with Crippen LogP contribution in [0, 0.1) is 11.6 Å². The van der Waals surface area contributed by atoms with E-state index < -0.39 is 26.6 Å². The zero-order valence-electron chi connectivity index (χ0n) is 6.29. The zero-order valence-corrected chi connectivity index (χ0v) is 7.11. The monoisotopic (exact) mass is 208 g/mol. The van der Waals surface area contributed by atoms with Gasteiger partial charge in [0, 0.05) is 0 Å². The molecule has 0 aliphatic rings. The van der Waals surface area contributed by atoms with Gasteiger partial charge < -0.3 is 0 Å². The molecule has 0 radical (unpaired) electrons. The fourth-order valence-corrected chi connectivity index (χ4v) is 1.47. The van der Waals surface area contributed by atoms with E-state index in [4.69, 9.17) is 0 Å². The van der Waals surface area contributed by atoms with Crippen LogP contribution < -0.4 is 10.7 Å². The summed E-state index contributed by atoms with van der Waals surface area (Å²) in [6.07, 6.45) is 0. The lowest BCUT2D eigenvalue weighted by atomic mass is 10.3. The quantitative estimate of drug-likeness (QED) is 0.535. The molecule has 1 rings (SSSR count). The van der Waals surface area contributed by atoms with Crippen molar-refractivity contribution in [3.05, 3.63) is 29.8 Å². The van der Waals surface area contributed by atoms with Crippen molar-refractivity contribution in [2.24, 2.45) is 5.84 Å². The number of hydrogen-bond acceptors (Lipinski definition) is 3. The second kappa shape index (κ2) is 3.36. The Labute approximate surface area is 73.4 Å². The van der Waals surface area contributed by atoms with Crippen molar-refractivity contribution in [3.8, 4) is 0 Å². The third-order valence-electron chi connectivity index (χ3n) is 1.36. The predicted molar refractivity (Wildman–Crippen MR) is 40.9 cm³/mol. The number of nitrogens with two attached hydrogens (primary N) is 1. The number of halogens is 2. The average molecular weight is 208 g/mol. The highest BCUT2D eigenvalue weighted by atomic mass is 32.2. The Morgan fingerprint density at radius 1 is 1.31 bits per heavy atom. The lowest BCUT2D eigenvalue weighted by molar-refractivity contribution is 0.483. The first-order valence-corrected chi connectivity index (χ1v) is 4.64. The van der Waals surface area contributed by atoms with Gasteiger partial charge in [-0.15, -0.1) is 4.83 Å². The Morgan fingerprint density at radius 3 is 2.46 bits per heavy atom. The first-order valence-electron chi connectivity index (χ1n) is 3.15. The molecule has 0 amide bonds. The standard InChI is InChI=1S/C6H6F2N2O2S/c7-4-2-1-3-5(6(4)8)13(11,12)10-9/h1-3,10H,9H2. The first kappa shape index (κ1) is 10.0. The van der Waals surface area contributed by atoms with Crippen molar-refractivity contribution in [3.63, 3.8) is 0 Å². The summed E-state index contributed by atoms with van der Waals surface area (Å²) < 4.78 is 47.2. The van der Waals surface area contributed by atoms with E-state index >= 15 is 0 Å². The molecule has 0 heterocycles. The maximum atomic E-state index is 12.8. The molecule has 0 unspecified atom stereocenters. The van der Waals surface area contributed by atoms with Gasteiger partial charge in [0.2, 0.25) is 0 Å². The fourth-order valence-electron chi connectivity index (χ4n) is 0.755. The Kier molecular flexibility index (Phi) is 2.60. The van der Waals surface area contributed by atoms with E-state index in [9.17, 15) is 17.2 Å². The largest absolute Gasteiger partial charge is 0.257 e. The molecule has 1 aromatic carbocycles. The van der Waals surface area contributed by atoms with Gasteiger partial charge in [-0.25, -0.2) is 17.2 Å². The van der Waals surface area contributed by atoms with Gasteiger partial charge >= 0.3 is 0 Å². The Bertz CT molecular complexity index is 419. The molecule has 4 nitrogen and oxygen atoms in total. The van der Waals surface area contributed by atoms with Crippen LogP contribution in [0.15, 0.2) is 23.1 Å². The summed E-state index contributed by atoms with van der Waals surface area (Å²) in [6, 6.07) is 2.79. The summed E-state index contributed by atoms with van der Waals surface area (Å²) in [6.45, 7) is 0. The van der Waals surface area contributed by atoms with Crippen molar-refractivity contribution in [1.29, 1.82) is 0 Å². The highest BCUT2D eigenvalue weighted by molar-refractivity contribution is 7.89. The van der Waals surface area contributed by atoms with Crippen LogP contribution in [0.1, 0.15) is 0 Å². The lowest BCUT2D eigenvalue weighted by Gasteiger charge is -2.02. The maximum Gasteiger partial charge on any atom is 0.256 e. The van der Waals surface area contributed by atoms with E-state index in [2.05, 4.69) is 5.84 Å². The molecule has 0 saturated heterocycles. The van der Waals surface area contributed by atoms with Gasteiger partial charge in [0.05, 0.1) is 0 Å². The average Bonchev–Trinajstić information content (AvgIpc) is 2.09. The summed E-state index contributed by atoms with van der Waals surface area (Å²) in [5, 5.41) is 0. The van der Waals surface area contributed by atoms with E-state index in [-0.39, 0.29) is 0 Å². The summed E-state index contributed by atoms with van der Waals surface area (Å²) in [7, 11) is -4.14. The minimum Gasteiger partial charge on any atom is -0.257 e. The molecule has 3 N–H and O–H groups in total. The van der Waals surface area contributed by atoms with Gasteiger partial charge in [-0.2, -0.15) is 0 Å². The Hall–Kier alpha value is -1.05. The summed E-state index contributed by atoms with van der Waals surface area (Å²) in [5.41, 5.74) is 0. The minimum atomic E-state index is -4.14. The molecule has 1 aromatic rings. The molecule has 13 heavy (non-hydrogen) atoms. The van der Waals surface area contributed by atoms with E-state index in [1.54, 1.807) is 0 Å². The summed E-state index contributed by atoms with van der Waals surface area (Å²) >= 11 is 0. The first-order chi connectivity index (χ1) is 5.99. The minimum absolute atomic E-state index is 0.810. The number of hydrazine groups is 1. The normalized spacial score (nSPS) is 11.6. The molecule has 0 aliphatic heterocycles. The fraction of sp³-hybridized carbons (Fsp3) is 0. The topological polar surface area (TPSA) is 72.2 Å². The number of rotatable bonds is 2. The summed E-state index contributed by atoms with van der Waals surface area (Å²) in [4.78, 5) is 0.581. The number of sulfonamides is 1. The van der Waals surface area contributed by atoms with Crippen LogP contribution in [0.4, 0.5) is 8.78 Å². The lowest BCUT2D eigenvalue weighted by Crippen LogP contribution is -2.31. The second-order valence-electron chi connectivity index (χ2n) is 2.17. The van der Waals surface area contributed by atoms with Crippen molar-refractivity contribution in [2.45, 2.75) is 4.90 Å². The molecule has 72 valence electrons. The molecule has 0 aromatic heterocycles. The van der Waals surface area contributed by atoms with Crippen molar-refractivity contribution in [1.82, 2.24) is 4.83 Å². The van der Waals surface area contributed by atoms with Crippen molar-refractivity contribution >= 4 is 10.0 Å². The molecule has 0 fully saturated rings. The molecule has 0 saturated carbocycles. The van der Waals surface area contributed by atoms with E-state index in [0.29, 0.717) is 0 Å². The predicted octanol–water partition coefficient (Wildman–Crippen LogP) is 0.117. The number of benzene rings is 1. The van der Waals surface area contributed by atoms with Crippen LogP contribution in [0.3, 0.4) is 0 Å². The Morgan fingerprint density at radius 2 is 1.92 bits per heavy atom. The van der Waals surface area contributed by atoms with Crippen LogP contribution in [0.5, 0.6) is 0 Å². The van der Waals surface area contributed by atoms with Crippen LogP contribution in [-0.2, 0) is 10.0 Å². The highest BCUT2D eigenvalue weighted by Crippen LogP contribution is 2.15. The third-order valence-corrected chi connectivity index (χ3v) is 2.57. The molecule has 7 heteroatoms. The van der Waals surface area contributed by atoms with Crippen molar-refractivity contribution < 1.29 is 17.2 Å². The molecule has 0 spiro atoms. The van der Waals surface area contributed by atoms with Crippen LogP contribution in [0.2, 0.25) is 0 Å². The molecular weight excluding hydrogens is 202 g/mol. The van der Waals surface area contributed by atoms with Gasteiger partial charge in [0.15, 0.2) is 11.6 Å². The van der Waals surface area contributed by atoms with Gasteiger partial charge in [-0.1, -0.05) is 6.07 Å². The maximum absolute atomic E-state index is 12.8. The van der Waals surface area contributed by atoms with Gasteiger partial charge in [-0.3, -0.25) is 5.84 Å². The van der Waals surface area contributed by atoms with Crippen LogP contribution >= 0.6 is 0 Å². The molecule has 0 atom stereocenters. The van der Waals surface area contributed by atoms with E-state index in [0.717, 1.165) is 18.2 Å². The number of hydrogen-bond donors (Lipinski definition) is 2. The van der Waals surface area contributed by atoms with E-state index in [1.807, 2.05) is 0 Å². The zero-order chi connectivity index (χ0) is 10.1. The highest BCUT2D eigenvalue weighted by Gasteiger charge is 2.19. The summed E-state index contributed by atoms with van der Waals surface area (Å²) in [5.74, 6) is 1.95. The van der Waals surface area contributed by atoms with Gasteiger partial charge in [-0.05, 0) is 12.1 Å². The van der Waals surface area contributed by atoms with Gasteiger partial charge in [0.25, 0.3) is 10.0 Å². The molecular formula is C6H6F2N2O2S. The smallest absolute Gasteiger partial charge is 0.256 e. The number of nitrogens with one attached hydrogen (secondary N) is 1. The van der Waals surface area contributed by atoms with E-state index in [1.165, 1.54) is 4.83 Å². The second-order valence-corrected chi connectivity index (χ2v) is 3.86.